The van der Waals surface area contributed by atoms with E-state index in [1.54, 1.807) is 24.3 Å². The molecule has 7 nitrogen and oxygen atoms in total. The summed E-state index contributed by atoms with van der Waals surface area (Å²) in [5, 5.41) is 0. The number of amides is 2. The Morgan fingerprint density at radius 1 is 1.03 bits per heavy atom. The molecule has 2 heterocycles. The second-order valence-corrected chi connectivity index (χ2v) is 7.74. The fraction of sp³-hybridized carbons (Fsp3) is 0.391. The van der Waals surface area contributed by atoms with Crippen LogP contribution in [0.5, 0.6) is 0 Å². The van der Waals surface area contributed by atoms with Gasteiger partial charge in [0.15, 0.2) is 6.61 Å². The van der Waals surface area contributed by atoms with Crippen LogP contribution in [0.15, 0.2) is 30.3 Å². The lowest BCUT2D eigenvalue weighted by Crippen LogP contribution is -2.31. The Bertz CT molecular complexity index is 984. The summed E-state index contributed by atoms with van der Waals surface area (Å²) in [5.41, 5.74) is 3.16. The Kier molecular flexibility index (Phi) is 6.20. The maximum atomic E-state index is 12.5. The number of carbonyl (C=O) groups excluding carboxylic acids is 4. The summed E-state index contributed by atoms with van der Waals surface area (Å²) in [4.78, 5) is 50.3. The van der Waals surface area contributed by atoms with Crippen molar-refractivity contribution in [3.05, 3.63) is 58.4 Å². The molecule has 0 radical (unpaired) electrons. The van der Waals surface area contributed by atoms with Crippen molar-refractivity contribution in [2.45, 2.75) is 46.6 Å². The Morgan fingerprint density at radius 2 is 1.63 bits per heavy atom. The van der Waals surface area contributed by atoms with Crippen molar-refractivity contribution in [3.8, 4) is 0 Å². The van der Waals surface area contributed by atoms with Crippen LogP contribution in [-0.2, 0) is 9.53 Å². The normalized spacial score (nSPS) is 13.2. The number of Topliss-reactive ketones (excluding diaryl/α,β-unsaturated/α-hetero) is 1. The maximum Gasteiger partial charge on any atom is 0.306 e. The zero-order chi connectivity index (χ0) is 22.0. The highest BCUT2D eigenvalue weighted by atomic mass is 16.5. The molecule has 1 aliphatic rings. The second kappa shape index (κ2) is 8.65. The molecule has 0 aliphatic carbocycles. The van der Waals surface area contributed by atoms with Crippen LogP contribution < -0.4 is 0 Å². The molecule has 30 heavy (non-hydrogen) atoms. The molecule has 0 N–H and O–H groups in total. The fourth-order valence-electron chi connectivity index (χ4n) is 3.97. The second-order valence-electron chi connectivity index (χ2n) is 7.74. The van der Waals surface area contributed by atoms with Crippen LogP contribution in [0.4, 0.5) is 0 Å². The van der Waals surface area contributed by atoms with Crippen molar-refractivity contribution in [2.24, 2.45) is 0 Å². The summed E-state index contributed by atoms with van der Waals surface area (Å²) in [7, 11) is 0. The van der Waals surface area contributed by atoms with Gasteiger partial charge in [-0.25, -0.2) is 0 Å². The van der Waals surface area contributed by atoms with E-state index in [0.717, 1.165) is 16.3 Å². The van der Waals surface area contributed by atoms with Gasteiger partial charge in [0.05, 0.1) is 11.1 Å². The van der Waals surface area contributed by atoms with Gasteiger partial charge in [0.2, 0.25) is 5.78 Å². The van der Waals surface area contributed by atoms with Gasteiger partial charge in [-0.3, -0.25) is 24.1 Å². The molecule has 1 aromatic heterocycles. The van der Waals surface area contributed by atoms with Crippen LogP contribution in [-0.4, -0.2) is 46.2 Å². The summed E-state index contributed by atoms with van der Waals surface area (Å²) in [5.74, 6) is -1.47. The lowest BCUT2D eigenvalue weighted by atomic mass is 10.1. The van der Waals surface area contributed by atoms with E-state index in [0.29, 0.717) is 16.7 Å². The van der Waals surface area contributed by atoms with Gasteiger partial charge in [-0.2, -0.15) is 0 Å². The van der Waals surface area contributed by atoms with E-state index in [4.69, 9.17) is 4.74 Å². The number of hydrogen-bond acceptors (Lipinski definition) is 5. The zero-order valence-corrected chi connectivity index (χ0v) is 17.7. The first-order chi connectivity index (χ1) is 14.2. The number of fused-ring (bicyclic) bond motifs is 1. The van der Waals surface area contributed by atoms with E-state index in [9.17, 15) is 19.2 Å². The first kappa shape index (κ1) is 21.5. The van der Waals surface area contributed by atoms with Gasteiger partial charge in [0.25, 0.3) is 11.8 Å². The molecule has 158 valence electrons. The van der Waals surface area contributed by atoms with Gasteiger partial charge in [-0.15, -0.1) is 0 Å². The molecule has 1 aromatic carbocycles. The summed E-state index contributed by atoms with van der Waals surface area (Å²) >= 11 is 0. The average molecular weight is 410 g/mol. The molecule has 0 unspecified atom stereocenters. The quantitative estimate of drug-likeness (QED) is 0.378. The van der Waals surface area contributed by atoms with Crippen LogP contribution in [0, 0.1) is 13.8 Å². The van der Waals surface area contributed by atoms with E-state index in [2.05, 4.69) is 4.57 Å². The van der Waals surface area contributed by atoms with Crippen molar-refractivity contribution >= 4 is 23.6 Å². The van der Waals surface area contributed by atoms with Crippen molar-refractivity contribution in [3.63, 3.8) is 0 Å². The minimum atomic E-state index is -0.530. The smallest absolute Gasteiger partial charge is 0.306 e. The van der Waals surface area contributed by atoms with Crippen LogP contribution in [0.2, 0.25) is 0 Å². The number of nitrogens with zero attached hydrogens (tertiary/aromatic N) is 2. The molecule has 1 aliphatic heterocycles. The third-order valence-corrected chi connectivity index (χ3v) is 5.31. The van der Waals surface area contributed by atoms with Crippen molar-refractivity contribution in [2.75, 3.05) is 13.2 Å². The minimum Gasteiger partial charge on any atom is -0.457 e. The first-order valence-electron chi connectivity index (χ1n) is 10.0. The third-order valence-electron chi connectivity index (χ3n) is 5.31. The predicted octanol–water partition coefficient (Wildman–Crippen LogP) is 3.49. The summed E-state index contributed by atoms with van der Waals surface area (Å²) in [6.07, 6.45) is 0.298. The topological polar surface area (TPSA) is 85.7 Å². The van der Waals surface area contributed by atoms with Gasteiger partial charge in [-0.1, -0.05) is 12.1 Å². The highest BCUT2D eigenvalue weighted by molar-refractivity contribution is 6.21. The number of ketones is 1. The highest BCUT2D eigenvalue weighted by Gasteiger charge is 2.34. The van der Waals surface area contributed by atoms with Gasteiger partial charge in [0, 0.05) is 36.0 Å². The van der Waals surface area contributed by atoms with Crippen LogP contribution in [0.1, 0.15) is 75.2 Å². The largest absolute Gasteiger partial charge is 0.457 e. The van der Waals surface area contributed by atoms with E-state index >= 15 is 0 Å². The molecule has 0 saturated heterocycles. The molecular weight excluding hydrogens is 384 g/mol. The molecule has 0 bridgehead atoms. The molecule has 0 spiro atoms. The van der Waals surface area contributed by atoms with Crippen LogP contribution in [0.25, 0.3) is 0 Å². The fourth-order valence-corrected chi connectivity index (χ4v) is 3.97. The maximum absolute atomic E-state index is 12.5. The van der Waals surface area contributed by atoms with Crippen molar-refractivity contribution in [1.29, 1.82) is 0 Å². The van der Waals surface area contributed by atoms with Crippen LogP contribution in [0.3, 0.4) is 0 Å². The molecule has 0 fully saturated rings. The zero-order valence-electron chi connectivity index (χ0n) is 17.7. The van der Waals surface area contributed by atoms with Gasteiger partial charge < -0.3 is 9.30 Å². The standard InChI is InChI=1S/C23H26N2O5/c1-14(2)25-15(3)12-19(16(25)4)20(26)13-30-21(27)10-7-11-24-22(28)17-8-5-6-9-18(17)23(24)29/h5-6,8-9,12,14H,7,10-11,13H2,1-4H3. The Hall–Kier alpha value is -3.22. The molecular formula is C23H26N2O5. The van der Waals surface area contributed by atoms with Crippen LogP contribution >= 0.6 is 0 Å². The number of benzene rings is 1. The number of aryl methyl sites for hydroxylation is 1. The monoisotopic (exact) mass is 410 g/mol. The number of aromatic nitrogens is 1. The number of esters is 1. The van der Waals surface area contributed by atoms with E-state index in [1.807, 2.05) is 33.8 Å². The summed E-state index contributed by atoms with van der Waals surface area (Å²) < 4.78 is 7.18. The number of rotatable bonds is 8. The molecule has 0 saturated carbocycles. The van der Waals surface area contributed by atoms with Gasteiger partial charge >= 0.3 is 5.97 Å². The van der Waals surface area contributed by atoms with E-state index < -0.39 is 5.97 Å². The summed E-state index contributed by atoms with van der Waals surface area (Å²) in [6.45, 7) is 7.71. The summed E-state index contributed by atoms with van der Waals surface area (Å²) in [6, 6.07) is 8.70. The molecule has 2 amide bonds. The number of carbonyl (C=O) groups is 4. The van der Waals surface area contributed by atoms with E-state index in [1.165, 1.54) is 0 Å². The molecule has 2 aromatic rings. The van der Waals surface area contributed by atoms with Crippen molar-refractivity contribution < 1.29 is 23.9 Å². The minimum absolute atomic E-state index is 0.0195. The Labute approximate surface area is 175 Å². The number of ether oxygens (including phenoxy) is 1. The molecule has 3 rings (SSSR count). The predicted molar refractivity (Wildman–Crippen MR) is 111 cm³/mol. The lowest BCUT2D eigenvalue weighted by Gasteiger charge is -2.14. The number of imide groups is 1. The first-order valence-corrected chi connectivity index (χ1v) is 10.0. The third kappa shape index (κ3) is 4.06. The van der Waals surface area contributed by atoms with Crippen molar-refractivity contribution in [1.82, 2.24) is 9.47 Å². The lowest BCUT2D eigenvalue weighted by molar-refractivity contribution is -0.142. The Morgan fingerprint density at radius 3 is 2.17 bits per heavy atom. The van der Waals surface area contributed by atoms with Gasteiger partial charge in [0.1, 0.15) is 0 Å². The highest BCUT2D eigenvalue weighted by Crippen LogP contribution is 2.23. The van der Waals surface area contributed by atoms with E-state index in [-0.39, 0.29) is 49.6 Å². The Balaban J connectivity index is 1.48. The number of hydrogen-bond donors (Lipinski definition) is 0. The molecule has 0 atom stereocenters. The SMILES string of the molecule is Cc1cc(C(=O)COC(=O)CCCN2C(=O)c3ccccc3C2=O)c(C)n1C(C)C. The average Bonchev–Trinajstić information content (AvgIpc) is 3.14. The van der Waals surface area contributed by atoms with Gasteiger partial charge in [-0.05, 0) is 52.3 Å². The molecule has 7 heteroatoms.